The summed E-state index contributed by atoms with van der Waals surface area (Å²) < 4.78 is 1.92. The average molecular weight is 407 g/mol. The van der Waals surface area contributed by atoms with Gasteiger partial charge in [-0.25, -0.2) is 15.0 Å². The van der Waals surface area contributed by atoms with Crippen molar-refractivity contribution >= 4 is 27.6 Å². The number of H-pyrrole nitrogens is 2. The van der Waals surface area contributed by atoms with Crippen molar-refractivity contribution in [3.05, 3.63) is 67.3 Å². The van der Waals surface area contributed by atoms with Gasteiger partial charge in [-0.1, -0.05) is 0 Å². The average Bonchev–Trinajstić information content (AvgIpc) is 3.50. The molecule has 0 saturated heterocycles. The van der Waals surface area contributed by atoms with Crippen LogP contribution in [0, 0.1) is 6.92 Å². The van der Waals surface area contributed by atoms with E-state index in [1.165, 1.54) is 0 Å². The van der Waals surface area contributed by atoms with Crippen LogP contribution in [0.1, 0.15) is 5.69 Å². The Morgan fingerprint density at radius 3 is 2.71 bits per heavy atom. The van der Waals surface area contributed by atoms with Crippen LogP contribution < -0.4 is 5.73 Å². The third kappa shape index (κ3) is 2.83. The monoisotopic (exact) mass is 407 g/mol. The number of nitrogen functional groups attached to an aromatic ring is 1. The molecule has 0 fully saturated rings. The Bertz CT molecular complexity index is 1570. The molecule has 0 atom stereocenters. The van der Waals surface area contributed by atoms with Crippen molar-refractivity contribution in [1.82, 2.24) is 39.7 Å². The van der Waals surface area contributed by atoms with E-state index < -0.39 is 0 Å². The molecule has 0 spiro atoms. The van der Waals surface area contributed by atoms with Gasteiger partial charge in [0.2, 0.25) is 0 Å². The lowest BCUT2D eigenvalue weighted by atomic mass is 10.1. The Morgan fingerprint density at radius 1 is 0.968 bits per heavy atom. The molecule has 0 radical (unpaired) electrons. The summed E-state index contributed by atoms with van der Waals surface area (Å²) in [4.78, 5) is 21.0. The maximum Gasteiger partial charge on any atom is 0.155 e. The van der Waals surface area contributed by atoms with Crippen LogP contribution in [0.3, 0.4) is 0 Å². The molecular weight excluding hydrogens is 390 g/mol. The van der Waals surface area contributed by atoms with Crippen molar-refractivity contribution in [2.24, 2.45) is 0 Å². The molecule has 31 heavy (non-hydrogen) atoms. The normalized spacial score (nSPS) is 11.5. The number of aromatic amines is 2. The third-order valence-electron chi connectivity index (χ3n) is 5.25. The van der Waals surface area contributed by atoms with E-state index in [-0.39, 0.29) is 0 Å². The number of aryl methyl sites for hydroxylation is 1. The van der Waals surface area contributed by atoms with E-state index in [4.69, 9.17) is 5.73 Å². The molecule has 6 rings (SSSR count). The van der Waals surface area contributed by atoms with Crippen LogP contribution in [-0.4, -0.2) is 39.7 Å². The number of nitrogens with two attached hydrogens (primary N) is 1. The summed E-state index contributed by atoms with van der Waals surface area (Å²) in [5.41, 5.74) is 12.6. The number of rotatable bonds is 3. The Labute approximate surface area is 176 Å². The molecule has 9 heteroatoms. The van der Waals surface area contributed by atoms with Gasteiger partial charge in [0.25, 0.3) is 0 Å². The number of nitrogens with zero attached hydrogens (tertiary/aromatic N) is 6. The van der Waals surface area contributed by atoms with Gasteiger partial charge in [0.05, 0.1) is 22.6 Å². The van der Waals surface area contributed by atoms with Crippen LogP contribution in [0.15, 0.2) is 61.6 Å². The van der Waals surface area contributed by atoms with E-state index in [9.17, 15) is 0 Å². The number of imidazole rings is 1. The molecule has 0 amide bonds. The smallest absolute Gasteiger partial charge is 0.155 e. The van der Waals surface area contributed by atoms with E-state index in [1.54, 1.807) is 31.1 Å². The van der Waals surface area contributed by atoms with Crippen LogP contribution in [0.25, 0.3) is 50.3 Å². The zero-order valence-electron chi connectivity index (χ0n) is 16.5. The maximum absolute atomic E-state index is 5.90. The van der Waals surface area contributed by atoms with Crippen molar-refractivity contribution in [2.45, 2.75) is 6.92 Å². The second-order valence-corrected chi connectivity index (χ2v) is 7.40. The molecule has 0 aromatic carbocycles. The lowest BCUT2D eigenvalue weighted by molar-refractivity contribution is 1.01. The number of fused-ring (bicyclic) bond motifs is 2. The molecule has 0 aliphatic rings. The number of aromatic nitrogens is 8. The molecule has 150 valence electrons. The van der Waals surface area contributed by atoms with Crippen molar-refractivity contribution in [2.75, 3.05) is 5.73 Å². The Balaban J connectivity index is 1.51. The fourth-order valence-electron chi connectivity index (χ4n) is 3.79. The fraction of sp³-hybridized carbons (Fsp3) is 0.0455. The van der Waals surface area contributed by atoms with Crippen LogP contribution in [0.2, 0.25) is 0 Å². The zero-order chi connectivity index (χ0) is 20.9. The first-order valence-electron chi connectivity index (χ1n) is 9.70. The largest absolute Gasteiger partial charge is 0.397 e. The van der Waals surface area contributed by atoms with Crippen LogP contribution in [0.5, 0.6) is 0 Å². The predicted molar refractivity (Wildman–Crippen MR) is 118 cm³/mol. The van der Waals surface area contributed by atoms with Gasteiger partial charge in [-0.05, 0) is 31.2 Å². The quantitative estimate of drug-likeness (QED) is 0.411. The molecule has 0 aliphatic heterocycles. The molecule has 6 heterocycles. The van der Waals surface area contributed by atoms with E-state index in [0.717, 1.165) is 50.3 Å². The van der Waals surface area contributed by atoms with Gasteiger partial charge >= 0.3 is 0 Å². The van der Waals surface area contributed by atoms with Gasteiger partial charge in [0, 0.05) is 52.9 Å². The number of nitrogens with one attached hydrogen (secondary N) is 2. The SMILES string of the molecule is Cc1cn(-c2nccc3[nH]c(-c4n[nH]c5ncc(-c6cncc(N)c6)cc45)cc23)cn1. The van der Waals surface area contributed by atoms with Gasteiger partial charge in [-0.2, -0.15) is 5.10 Å². The highest BCUT2D eigenvalue weighted by Gasteiger charge is 2.15. The summed E-state index contributed by atoms with van der Waals surface area (Å²) in [5.74, 6) is 0.810. The molecule has 9 nitrogen and oxygen atoms in total. The molecule has 0 bridgehead atoms. The fourth-order valence-corrected chi connectivity index (χ4v) is 3.79. The summed E-state index contributed by atoms with van der Waals surface area (Å²) in [5, 5.41) is 9.42. The van der Waals surface area contributed by atoms with Gasteiger partial charge in [0.15, 0.2) is 5.65 Å². The number of hydrogen-bond donors (Lipinski definition) is 3. The molecule has 0 unspecified atom stereocenters. The van der Waals surface area contributed by atoms with E-state index in [1.807, 2.05) is 35.9 Å². The van der Waals surface area contributed by atoms with Crippen molar-refractivity contribution in [1.29, 1.82) is 0 Å². The first-order valence-corrected chi connectivity index (χ1v) is 9.70. The maximum atomic E-state index is 5.90. The predicted octanol–water partition coefficient (Wildman–Crippen LogP) is 3.64. The van der Waals surface area contributed by atoms with Crippen molar-refractivity contribution in [3.8, 4) is 28.3 Å². The lowest BCUT2D eigenvalue weighted by Gasteiger charge is -2.02. The highest BCUT2D eigenvalue weighted by atomic mass is 15.2. The molecular formula is C22H17N9. The van der Waals surface area contributed by atoms with Crippen LogP contribution >= 0.6 is 0 Å². The van der Waals surface area contributed by atoms with Crippen LogP contribution in [-0.2, 0) is 0 Å². The summed E-state index contributed by atoms with van der Waals surface area (Å²) in [6, 6.07) is 7.92. The Morgan fingerprint density at radius 2 is 1.87 bits per heavy atom. The minimum Gasteiger partial charge on any atom is -0.397 e. The van der Waals surface area contributed by atoms with Gasteiger partial charge in [0.1, 0.15) is 17.8 Å². The van der Waals surface area contributed by atoms with Gasteiger partial charge < -0.3 is 10.7 Å². The first kappa shape index (κ1) is 17.3. The Kier molecular flexibility index (Phi) is 3.63. The summed E-state index contributed by atoms with van der Waals surface area (Å²) in [6.45, 7) is 1.95. The standard InChI is InChI=1S/C22H17N9/c1-12-10-31(11-27-12)22-16-6-19(28-18(16)2-3-25-22)20-17-5-14(8-26-21(17)30-29-20)13-4-15(23)9-24-7-13/h2-11,28H,23H2,1H3,(H,26,29,30). The first-order chi connectivity index (χ1) is 15.2. The molecule has 6 aromatic rings. The summed E-state index contributed by atoms with van der Waals surface area (Å²) in [7, 11) is 0. The number of hydrogen-bond acceptors (Lipinski definition) is 6. The minimum atomic E-state index is 0.607. The van der Waals surface area contributed by atoms with Gasteiger partial charge in [-0.3, -0.25) is 14.6 Å². The highest BCUT2D eigenvalue weighted by Crippen LogP contribution is 2.32. The van der Waals surface area contributed by atoms with Crippen LogP contribution in [0.4, 0.5) is 5.69 Å². The zero-order valence-corrected chi connectivity index (χ0v) is 16.5. The van der Waals surface area contributed by atoms with Gasteiger partial charge in [-0.15, -0.1) is 0 Å². The van der Waals surface area contributed by atoms with E-state index >= 15 is 0 Å². The molecule has 0 saturated carbocycles. The second kappa shape index (κ2) is 6.49. The second-order valence-electron chi connectivity index (χ2n) is 7.40. The summed E-state index contributed by atoms with van der Waals surface area (Å²) >= 11 is 0. The van der Waals surface area contributed by atoms with Crippen molar-refractivity contribution in [3.63, 3.8) is 0 Å². The molecule has 6 aromatic heterocycles. The molecule has 4 N–H and O–H groups in total. The Hall–Kier alpha value is -4.53. The van der Waals surface area contributed by atoms with E-state index in [0.29, 0.717) is 11.3 Å². The third-order valence-corrected chi connectivity index (χ3v) is 5.25. The number of pyridine rings is 3. The minimum absolute atomic E-state index is 0.607. The lowest BCUT2D eigenvalue weighted by Crippen LogP contribution is -1.94. The number of anilines is 1. The molecule has 0 aliphatic carbocycles. The van der Waals surface area contributed by atoms with E-state index in [2.05, 4.69) is 41.2 Å². The highest BCUT2D eigenvalue weighted by molar-refractivity contribution is 5.97. The topological polar surface area (TPSA) is 127 Å². The van der Waals surface area contributed by atoms with Crippen molar-refractivity contribution < 1.29 is 0 Å². The summed E-state index contributed by atoms with van der Waals surface area (Å²) in [6.07, 6.45) is 10.7.